The standard InChI is InChI=1S/C22H25N3O3/c1-5-28-19-11-9-17(10-12-19)21(26)24-20(15(2)3)22(27)25(4)18-8-6-7-16(13-18)14-23/h6-13,15,20H,5H2,1-4H3,(H,24,26). The summed E-state index contributed by atoms with van der Waals surface area (Å²) < 4.78 is 5.38. The molecule has 0 fully saturated rings. The minimum Gasteiger partial charge on any atom is -0.494 e. The van der Waals surface area contributed by atoms with Crippen LogP contribution in [-0.4, -0.2) is 31.5 Å². The normalized spacial score (nSPS) is 11.4. The fourth-order valence-electron chi connectivity index (χ4n) is 2.73. The molecule has 0 aliphatic heterocycles. The Morgan fingerprint density at radius 1 is 1.18 bits per heavy atom. The van der Waals surface area contributed by atoms with E-state index < -0.39 is 6.04 Å². The first-order chi connectivity index (χ1) is 13.4. The van der Waals surface area contributed by atoms with E-state index in [0.29, 0.717) is 29.2 Å². The molecule has 1 N–H and O–H groups in total. The lowest BCUT2D eigenvalue weighted by molar-refractivity contribution is -0.121. The third-order valence-electron chi connectivity index (χ3n) is 4.34. The van der Waals surface area contributed by atoms with Crippen molar-refractivity contribution in [1.29, 1.82) is 5.26 Å². The quantitative estimate of drug-likeness (QED) is 0.799. The van der Waals surface area contributed by atoms with Gasteiger partial charge in [0, 0.05) is 18.3 Å². The molecule has 1 unspecified atom stereocenters. The molecule has 0 radical (unpaired) electrons. The number of ether oxygens (including phenoxy) is 1. The highest BCUT2D eigenvalue weighted by Gasteiger charge is 2.28. The number of nitrogens with one attached hydrogen (secondary N) is 1. The lowest BCUT2D eigenvalue weighted by Gasteiger charge is -2.27. The summed E-state index contributed by atoms with van der Waals surface area (Å²) in [6.45, 7) is 6.19. The van der Waals surface area contributed by atoms with E-state index in [1.807, 2.05) is 20.8 Å². The first-order valence-electron chi connectivity index (χ1n) is 9.18. The van der Waals surface area contributed by atoms with Gasteiger partial charge in [-0.2, -0.15) is 5.26 Å². The minimum absolute atomic E-state index is 0.110. The molecule has 2 aromatic rings. The summed E-state index contributed by atoms with van der Waals surface area (Å²) in [5, 5.41) is 11.9. The van der Waals surface area contributed by atoms with Gasteiger partial charge in [-0.25, -0.2) is 0 Å². The Balaban J connectivity index is 2.16. The Hall–Kier alpha value is -3.33. The second-order valence-electron chi connectivity index (χ2n) is 6.71. The Bertz CT molecular complexity index is 869. The van der Waals surface area contributed by atoms with Gasteiger partial charge in [-0.3, -0.25) is 9.59 Å². The summed E-state index contributed by atoms with van der Waals surface area (Å²) in [6.07, 6.45) is 0. The summed E-state index contributed by atoms with van der Waals surface area (Å²) in [7, 11) is 1.64. The van der Waals surface area contributed by atoms with Crippen LogP contribution in [0.25, 0.3) is 0 Å². The van der Waals surface area contributed by atoms with Gasteiger partial charge < -0.3 is 15.0 Å². The highest BCUT2D eigenvalue weighted by molar-refractivity contribution is 6.02. The van der Waals surface area contributed by atoms with Crippen molar-refractivity contribution in [2.24, 2.45) is 5.92 Å². The van der Waals surface area contributed by atoms with Crippen LogP contribution in [0.3, 0.4) is 0 Å². The van der Waals surface area contributed by atoms with Gasteiger partial charge in [0.1, 0.15) is 11.8 Å². The Labute approximate surface area is 165 Å². The van der Waals surface area contributed by atoms with Gasteiger partial charge in [0.2, 0.25) is 5.91 Å². The number of benzene rings is 2. The van der Waals surface area contributed by atoms with Crippen LogP contribution >= 0.6 is 0 Å². The molecule has 1 atom stereocenters. The first kappa shape index (κ1) is 21.0. The van der Waals surface area contributed by atoms with Crippen LogP contribution in [0.4, 0.5) is 5.69 Å². The molecule has 0 aliphatic rings. The van der Waals surface area contributed by atoms with Crippen molar-refractivity contribution in [3.63, 3.8) is 0 Å². The average Bonchev–Trinajstić information content (AvgIpc) is 2.71. The molecule has 0 saturated heterocycles. The van der Waals surface area contributed by atoms with Gasteiger partial charge in [-0.15, -0.1) is 0 Å². The van der Waals surface area contributed by atoms with Crippen LogP contribution in [0.1, 0.15) is 36.7 Å². The van der Waals surface area contributed by atoms with Gasteiger partial charge in [0.05, 0.1) is 18.2 Å². The molecule has 0 heterocycles. The van der Waals surface area contributed by atoms with Crippen molar-refractivity contribution >= 4 is 17.5 Å². The van der Waals surface area contributed by atoms with Gasteiger partial charge >= 0.3 is 0 Å². The van der Waals surface area contributed by atoms with Crippen molar-refractivity contribution in [3.05, 3.63) is 59.7 Å². The van der Waals surface area contributed by atoms with Crippen molar-refractivity contribution in [2.45, 2.75) is 26.8 Å². The van der Waals surface area contributed by atoms with Gasteiger partial charge in [-0.05, 0) is 55.3 Å². The smallest absolute Gasteiger partial charge is 0.251 e. The molecule has 2 amide bonds. The first-order valence-corrected chi connectivity index (χ1v) is 9.18. The van der Waals surface area contributed by atoms with Crippen molar-refractivity contribution in [3.8, 4) is 11.8 Å². The van der Waals surface area contributed by atoms with Crippen LogP contribution in [0, 0.1) is 17.2 Å². The number of likely N-dealkylation sites (N-methyl/N-ethyl adjacent to an activating group) is 1. The molecule has 28 heavy (non-hydrogen) atoms. The van der Waals surface area contributed by atoms with E-state index in [9.17, 15) is 9.59 Å². The van der Waals surface area contributed by atoms with Gasteiger partial charge in [-0.1, -0.05) is 19.9 Å². The highest BCUT2D eigenvalue weighted by Crippen LogP contribution is 2.18. The van der Waals surface area contributed by atoms with Crippen molar-refractivity contribution in [1.82, 2.24) is 5.32 Å². The number of carbonyl (C=O) groups is 2. The van der Waals surface area contributed by atoms with E-state index in [4.69, 9.17) is 10.00 Å². The maximum Gasteiger partial charge on any atom is 0.251 e. The third-order valence-corrected chi connectivity index (χ3v) is 4.34. The molecular weight excluding hydrogens is 354 g/mol. The summed E-state index contributed by atoms with van der Waals surface area (Å²) in [6, 6.07) is 14.9. The second kappa shape index (κ2) is 9.56. The molecule has 0 aliphatic carbocycles. The lowest BCUT2D eigenvalue weighted by Crippen LogP contribution is -2.50. The zero-order chi connectivity index (χ0) is 20.7. The summed E-state index contributed by atoms with van der Waals surface area (Å²) in [5.74, 6) is 0.00652. The second-order valence-corrected chi connectivity index (χ2v) is 6.71. The lowest BCUT2D eigenvalue weighted by atomic mass is 10.0. The SMILES string of the molecule is CCOc1ccc(C(=O)NC(C(=O)N(C)c2cccc(C#N)c2)C(C)C)cc1. The fourth-order valence-corrected chi connectivity index (χ4v) is 2.73. The topological polar surface area (TPSA) is 82.4 Å². The van der Waals surface area contributed by atoms with Crippen LogP contribution in [-0.2, 0) is 4.79 Å². The number of hydrogen-bond acceptors (Lipinski definition) is 4. The molecule has 0 spiro atoms. The number of nitriles is 1. The number of amides is 2. The Kier molecular flexibility index (Phi) is 7.16. The van der Waals surface area contributed by atoms with E-state index in [2.05, 4.69) is 11.4 Å². The van der Waals surface area contributed by atoms with Crippen LogP contribution < -0.4 is 15.0 Å². The van der Waals surface area contributed by atoms with Gasteiger partial charge in [0.25, 0.3) is 5.91 Å². The van der Waals surface area contributed by atoms with E-state index in [1.54, 1.807) is 55.6 Å². The predicted octanol–water partition coefficient (Wildman–Crippen LogP) is 3.37. The monoisotopic (exact) mass is 379 g/mol. The zero-order valence-corrected chi connectivity index (χ0v) is 16.6. The molecule has 0 saturated carbocycles. The molecule has 0 aromatic heterocycles. The minimum atomic E-state index is -0.699. The third kappa shape index (κ3) is 5.10. The van der Waals surface area contributed by atoms with Crippen molar-refractivity contribution in [2.75, 3.05) is 18.6 Å². The number of carbonyl (C=O) groups excluding carboxylic acids is 2. The fraction of sp³-hybridized carbons (Fsp3) is 0.318. The maximum atomic E-state index is 13.0. The highest BCUT2D eigenvalue weighted by atomic mass is 16.5. The predicted molar refractivity (Wildman–Crippen MR) is 108 cm³/mol. The van der Waals surface area contributed by atoms with E-state index >= 15 is 0 Å². The summed E-state index contributed by atoms with van der Waals surface area (Å²) >= 11 is 0. The molecular formula is C22H25N3O3. The molecule has 6 nitrogen and oxygen atoms in total. The molecule has 6 heteroatoms. The number of hydrogen-bond donors (Lipinski definition) is 1. The Morgan fingerprint density at radius 3 is 2.43 bits per heavy atom. The van der Waals surface area contributed by atoms with Crippen LogP contribution in [0.2, 0.25) is 0 Å². The van der Waals surface area contributed by atoms with E-state index in [1.165, 1.54) is 4.90 Å². The summed E-state index contributed by atoms with van der Waals surface area (Å²) in [5.41, 5.74) is 1.53. The van der Waals surface area contributed by atoms with Crippen LogP contribution in [0.15, 0.2) is 48.5 Å². The van der Waals surface area contributed by atoms with Crippen LogP contribution in [0.5, 0.6) is 5.75 Å². The zero-order valence-electron chi connectivity index (χ0n) is 16.6. The maximum absolute atomic E-state index is 13.0. The van der Waals surface area contributed by atoms with E-state index in [-0.39, 0.29) is 17.7 Å². The summed E-state index contributed by atoms with van der Waals surface area (Å²) in [4.78, 5) is 27.1. The Morgan fingerprint density at radius 2 is 1.86 bits per heavy atom. The van der Waals surface area contributed by atoms with E-state index in [0.717, 1.165) is 0 Å². The molecule has 2 aromatic carbocycles. The number of anilines is 1. The molecule has 2 rings (SSSR count). The molecule has 146 valence electrons. The van der Waals surface area contributed by atoms with Gasteiger partial charge in [0.15, 0.2) is 0 Å². The number of rotatable bonds is 7. The molecule has 0 bridgehead atoms. The van der Waals surface area contributed by atoms with Crippen molar-refractivity contribution < 1.29 is 14.3 Å². The number of nitrogens with zero attached hydrogens (tertiary/aromatic N) is 2. The average molecular weight is 379 g/mol. The largest absolute Gasteiger partial charge is 0.494 e.